The number of ether oxygens (including phenoxy) is 4. The molecule has 1 aromatic heterocycles. The van der Waals surface area contributed by atoms with E-state index in [0.29, 0.717) is 106 Å². The number of piperidine rings is 1. The number of aromatic nitrogens is 2. The predicted octanol–water partition coefficient (Wildman–Crippen LogP) is 2.91. The number of rotatable bonds is 20. The number of nitrogens with one attached hydrogen (secondary N) is 4. The van der Waals surface area contributed by atoms with Crippen LogP contribution in [0.4, 0.5) is 23.1 Å². The minimum absolute atomic E-state index is 0.0578. The molecule has 0 bridgehead atoms. The van der Waals surface area contributed by atoms with E-state index in [0.717, 1.165) is 42.6 Å². The Hall–Kier alpha value is -6.13. The number of methoxy groups -OCH3 is 1. The fourth-order valence-electron chi connectivity index (χ4n) is 8.52. The van der Waals surface area contributed by atoms with Gasteiger partial charge in [0.05, 0.1) is 65.2 Å². The molecule has 1 saturated heterocycles. The number of anilines is 4. The van der Waals surface area contributed by atoms with Crippen molar-refractivity contribution >= 4 is 52.7 Å². The van der Waals surface area contributed by atoms with Crippen LogP contribution in [0.15, 0.2) is 42.6 Å². The van der Waals surface area contributed by atoms with E-state index in [1.807, 2.05) is 13.0 Å². The summed E-state index contributed by atoms with van der Waals surface area (Å²) in [6.45, 7) is 6.04. The quantitative estimate of drug-likeness (QED) is 0.0733. The minimum Gasteiger partial charge on any atom is -0.495 e. The third-order valence-corrected chi connectivity index (χ3v) is 11.8. The van der Waals surface area contributed by atoms with Crippen LogP contribution in [0.2, 0.25) is 0 Å². The molecular weight excluding hydrogens is 823 g/mol. The van der Waals surface area contributed by atoms with Gasteiger partial charge in [0.2, 0.25) is 23.7 Å². The molecule has 2 aromatic carbocycles. The molecule has 0 radical (unpaired) electrons. The first-order valence-corrected chi connectivity index (χ1v) is 22.0. The van der Waals surface area contributed by atoms with Crippen LogP contribution >= 0.6 is 0 Å². The third-order valence-electron chi connectivity index (χ3n) is 11.8. The van der Waals surface area contributed by atoms with Crippen LogP contribution in [-0.2, 0) is 35.1 Å². The van der Waals surface area contributed by atoms with Gasteiger partial charge in [-0.05, 0) is 61.6 Å². The molecular formula is C46H57N9O9. The Morgan fingerprint density at radius 1 is 0.953 bits per heavy atom. The molecule has 5 amide bonds. The summed E-state index contributed by atoms with van der Waals surface area (Å²) in [6, 6.07) is 9.83. The van der Waals surface area contributed by atoms with Crippen LogP contribution in [0.1, 0.15) is 83.7 Å². The molecule has 1 saturated carbocycles. The molecule has 2 fully saturated rings. The molecule has 18 nitrogen and oxygen atoms in total. The summed E-state index contributed by atoms with van der Waals surface area (Å²) in [7, 11) is 3.31. The van der Waals surface area contributed by atoms with Crippen LogP contribution < -0.4 is 35.8 Å². The number of fused-ring (bicyclic) bond motifs is 2. The third kappa shape index (κ3) is 10.8. The number of likely N-dealkylation sites (N-methyl/N-ethyl adjacent to an activating group) is 1. The summed E-state index contributed by atoms with van der Waals surface area (Å²) in [5.74, 6) is 6.61. The molecule has 64 heavy (non-hydrogen) atoms. The molecule has 3 aromatic rings. The first-order valence-electron chi connectivity index (χ1n) is 22.0. The average Bonchev–Trinajstić information content (AvgIpc) is 3.96. The molecule has 4 aliphatic rings. The fraction of sp³-hybridized carbons (Fsp3) is 0.500. The largest absolute Gasteiger partial charge is 0.495 e. The molecule has 18 heteroatoms. The van der Waals surface area contributed by atoms with E-state index in [1.165, 1.54) is 12.0 Å². The maximum atomic E-state index is 13.2. The molecule has 1 aliphatic carbocycles. The maximum Gasteiger partial charge on any atom is 0.255 e. The summed E-state index contributed by atoms with van der Waals surface area (Å²) in [5, 5.41) is 11.7. The van der Waals surface area contributed by atoms with Crippen molar-refractivity contribution in [3.8, 4) is 17.6 Å². The monoisotopic (exact) mass is 879 g/mol. The maximum absolute atomic E-state index is 13.2. The van der Waals surface area contributed by atoms with E-state index < -0.39 is 11.9 Å². The molecule has 1 unspecified atom stereocenters. The second-order valence-corrected chi connectivity index (χ2v) is 15.9. The lowest BCUT2D eigenvalue weighted by molar-refractivity contribution is -0.137. The van der Waals surface area contributed by atoms with Crippen molar-refractivity contribution < 1.29 is 42.9 Å². The van der Waals surface area contributed by atoms with Gasteiger partial charge in [-0.3, -0.25) is 29.3 Å². The summed E-state index contributed by atoms with van der Waals surface area (Å²) >= 11 is 0. The topological polar surface area (TPSA) is 206 Å². The van der Waals surface area contributed by atoms with Gasteiger partial charge < -0.3 is 49.6 Å². The summed E-state index contributed by atoms with van der Waals surface area (Å²) < 4.78 is 22.5. The number of carbonyl (C=O) groups is 5. The number of hydrogen-bond donors (Lipinski definition) is 4. The Morgan fingerprint density at radius 3 is 2.44 bits per heavy atom. The van der Waals surface area contributed by atoms with Gasteiger partial charge >= 0.3 is 0 Å². The van der Waals surface area contributed by atoms with E-state index in [9.17, 15) is 24.0 Å². The lowest BCUT2D eigenvalue weighted by atomic mass is 10.0. The van der Waals surface area contributed by atoms with Crippen molar-refractivity contribution in [3.05, 3.63) is 64.8 Å². The zero-order valence-corrected chi connectivity index (χ0v) is 36.7. The lowest BCUT2D eigenvalue weighted by Gasteiger charge is -2.43. The highest BCUT2D eigenvalue weighted by Gasteiger charge is 2.42. The predicted molar refractivity (Wildman–Crippen MR) is 238 cm³/mol. The first kappa shape index (κ1) is 45.9. The molecule has 340 valence electrons. The summed E-state index contributed by atoms with van der Waals surface area (Å²) in [5.41, 5.74) is 3.79. The van der Waals surface area contributed by atoms with Crippen molar-refractivity contribution in [3.63, 3.8) is 0 Å². The Labute approximate surface area is 373 Å². The summed E-state index contributed by atoms with van der Waals surface area (Å²) in [4.78, 5) is 77.9. The van der Waals surface area contributed by atoms with Crippen molar-refractivity contribution in [1.82, 2.24) is 30.8 Å². The van der Waals surface area contributed by atoms with Gasteiger partial charge in [0.15, 0.2) is 5.82 Å². The fourth-order valence-corrected chi connectivity index (χ4v) is 8.52. The van der Waals surface area contributed by atoms with Gasteiger partial charge in [-0.25, -0.2) is 4.98 Å². The average molecular weight is 880 g/mol. The van der Waals surface area contributed by atoms with Crippen LogP contribution in [-0.4, -0.2) is 136 Å². The highest BCUT2D eigenvalue weighted by atomic mass is 16.5. The van der Waals surface area contributed by atoms with Gasteiger partial charge in [-0.1, -0.05) is 37.7 Å². The molecule has 7 rings (SSSR count). The number of carbonyl (C=O) groups excluding carboxylic acids is 5. The Kier molecular flexibility index (Phi) is 15.8. The Balaban J connectivity index is 0.745. The molecule has 4 N–H and O–H groups in total. The van der Waals surface area contributed by atoms with E-state index in [2.05, 4.69) is 43.0 Å². The van der Waals surface area contributed by atoms with E-state index >= 15 is 0 Å². The van der Waals surface area contributed by atoms with Crippen LogP contribution in [0.3, 0.4) is 0 Å². The number of benzene rings is 2. The van der Waals surface area contributed by atoms with Gasteiger partial charge in [0.25, 0.3) is 11.8 Å². The Morgan fingerprint density at radius 2 is 1.70 bits per heavy atom. The number of nitrogens with zero attached hydrogens (tertiary/aromatic N) is 5. The second-order valence-electron chi connectivity index (χ2n) is 15.9. The van der Waals surface area contributed by atoms with Gasteiger partial charge in [-0.15, -0.1) is 0 Å². The summed E-state index contributed by atoms with van der Waals surface area (Å²) in [6.07, 6.45) is 7.22. The molecule has 2 atom stereocenters. The van der Waals surface area contributed by atoms with Gasteiger partial charge in [0.1, 0.15) is 23.5 Å². The SMILES string of the molecule is CC[C@@H]1C(=O)N(C)c2cnc(Nc3ccc(C(=O)NCCOCCOCCOCCNCC#Cc4cccc5c4CN(C4CCC(=O)NC4=O)C5=O)cc3OC)nc2N1C1CCCC1. The van der Waals surface area contributed by atoms with E-state index in [-0.39, 0.29) is 48.7 Å². The lowest BCUT2D eigenvalue weighted by Crippen LogP contribution is -2.55. The van der Waals surface area contributed by atoms with Crippen LogP contribution in [0.5, 0.6) is 5.75 Å². The van der Waals surface area contributed by atoms with Crippen molar-refractivity contribution in [2.75, 3.05) is 88.5 Å². The van der Waals surface area contributed by atoms with E-state index in [1.54, 1.807) is 48.5 Å². The Bertz CT molecular complexity index is 2260. The van der Waals surface area contributed by atoms with Gasteiger partial charge in [-0.2, -0.15) is 4.98 Å². The molecule has 3 aliphatic heterocycles. The number of hydrogen-bond acceptors (Lipinski definition) is 14. The second kappa shape index (κ2) is 22.0. The molecule has 0 spiro atoms. The normalized spacial score (nSPS) is 18.4. The van der Waals surface area contributed by atoms with Crippen molar-refractivity contribution in [1.29, 1.82) is 0 Å². The zero-order valence-electron chi connectivity index (χ0n) is 36.7. The highest BCUT2D eigenvalue weighted by Crippen LogP contribution is 2.40. The highest BCUT2D eigenvalue weighted by molar-refractivity contribution is 6.06. The minimum atomic E-state index is -0.663. The van der Waals surface area contributed by atoms with Crippen LogP contribution in [0, 0.1) is 11.8 Å². The standard InChI is InChI=1S/C46H57N9O9/c1-4-36-45(60)53(2)38-28-49-46(52-41(38)55(36)32-11-5-6-12-32)50-35-15-14-31(27-39(35)61-3)42(57)48-20-22-63-24-26-64-25-23-62-21-19-47-18-8-10-30-9-7-13-33-34(30)29-54(44(33)59)37-16-17-40(56)51-43(37)58/h7,9,13-15,27-28,32,36-37,47H,4-6,11-12,16-26,29H2,1-3H3,(H,48,57)(H,49,50,52)(H,51,56,58)/t36-,37?/m1/s1. The van der Waals surface area contributed by atoms with Crippen LogP contribution in [0.25, 0.3) is 0 Å². The van der Waals surface area contributed by atoms with Crippen molar-refractivity contribution in [2.24, 2.45) is 0 Å². The van der Waals surface area contributed by atoms with Gasteiger partial charge in [0, 0.05) is 55.8 Å². The smallest absolute Gasteiger partial charge is 0.255 e. The number of imide groups is 1. The zero-order chi connectivity index (χ0) is 45.0. The first-order chi connectivity index (χ1) is 31.2. The molecule has 4 heterocycles. The number of amides is 5. The van der Waals surface area contributed by atoms with Crippen molar-refractivity contribution in [2.45, 2.75) is 76.5 Å². The van der Waals surface area contributed by atoms with E-state index in [4.69, 9.17) is 23.9 Å².